The fraction of sp³-hybridized carbons (Fsp3) is 0.409. The number of hydrogen-bond acceptors (Lipinski definition) is 5. The molecule has 152 valence electrons. The van der Waals surface area contributed by atoms with Gasteiger partial charge in [0, 0.05) is 43.3 Å². The average molecular weight is 393 g/mol. The van der Waals surface area contributed by atoms with Crippen molar-refractivity contribution in [1.29, 1.82) is 0 Å². The number of carbonyl (C=O) groups is 1. The van der Waals surface area contributed by atoms with Crippen molar-refractivity contribution in [2.45, 2.75) is 26.2 Å². The zero-order chi connectivity index (χ0) is 20.6. The van der Waals surface area contributed by atoms with E-state index in [4.69, 9.17) is 4.74 Å². The number of piperazine rings is 1. The molecule has 0 saturated carbocycles. The molecule has 0 atom stereocenters. The Labute approximate surface area is 170 Å². The van der Waals surface area contributed by atoms with E-state index in [1.807, 2.05) is 33.7 Å². The van der Waals surface area contributed by atoms with Gasteiger partial charge in [-0.05, 0) is 30.3 Å². The van der Waals surface area contributed by atoms with Crippen molar-refractivity contribution in [2.75, 3.05) is 38.2 Å². The maximum absolute atomic E-state index is 13.2. The first-order valence-electron chi connectivity index (χ1n) is 9.90. The first-order chi connectivity index (χ1) is 13.9. The summed E-state index contributed by atoms with van der Waals surface area (Å²) in [6.45, 7) is 9.27. The van der Waals surface area contributed by atoms with Gasteiger partial charge in [-0.3, -0.25) is 4.79 Å². The number of carbonyl (C=O) groups excluding carboxylic acids is 1. The van der Waals surface area contributed by atoms with Crippen LogP contribution in [0.15, 0.2) is 42.6 Å². The highest BCUT2D eigenvalue weighted by atomic mass is 16.5. The lowest BCUT2D eigenvalue weighted by Gasteiger charge is -2.36. The van der Waals surface area contributed by atoms with E-state index in [1.54, 1.807) is 13.3 Å². The summed E-state index contributed by atoms with van der Waals surface area (Å²) in [6, 6.07) is 11.8. The molecule has 0 aliphatic carbocycles. The Balaban J connectivity index is 1.51. The molecule has 0 spiro atoms. The van der Waals surface area contributed by atoms with Crippen LogP contribution in [0.25, 0.3) is 5.65 Å². The van der Waals surface area contributed by atoms with E-state index >= 15 is 0 Å². The molecule has 7 nitrogen and oxygen atoms in total. The van der Waals surface area contributed by atoms with Gasteiger partial charge in [0.05, 0.1) is 19.0 Å². The highest BCUT2D eigenvalue weighted by molar-refractivity contribution is 5.93. The predicted octanol–water partition coefficient (Wildman–Crippen LogP) is 3.00. The molecule has 0 bridgehead atoms. The van der Waals surface area contributed by atoms with Crippen LogP contribution in [0.2, 0.25) is 0 Å². The second kappa shape index (κ2) is 7.39. The van der Waals surface area contributed by atoms with Crippen LogP contribution in [-0.2, 0) is 5.41 Å². The van der Waals surface area contributed by atoms with Crippen LogP contribution in [0.4, 0.5) is 5.69 Å². The second-order valence-corrected chi connectivity index (χ2v) is 8.36. The molecule has 1 aromatic carbocycles. The summed E-state index contributed by atoms with van der Waals surface area (Å²) < 4.78 is 7.05. The zero-order valence-corrected chi connectivity index (χ0v) is 17.4. The van der Waals surface area contributed by atoms with E-state index in [0.29, 0.717) is 24.4 Å². The van der Waals surface area contributed by atoms with Crippen LogP contribution < -0.4 is 9.64 Å². The number of rotatable bonds is 3. The number of nitrogens with zero attached hydrogens (tertiary/aromatic N) is 5. The van der Waals surface area contributed by atoms with Gasteiger partial charge in [-0.25, -0.2) is 9.50 Å². The Hall–Kier alpha value is -3.09. The predicted molar refractivity (Wildman–Crippen MR) is 113 cm³/mol. The molecule has 4 rings (SSSR count). The third-order valence-electron chi connectivity index (χ3n) is 5.35. The molecule has 3 heterocycles. The lowest BCUT2D eigenvalue weighted by molar-refractivity contribution is 0.0740. The van der Waals surface area contributed by atoms with Gasteiger partial charge in [0.1, 0.15) is 11.4 Å². The Morgan fingerprint density at radius 3 is 2.34 bits per heavy atom. The summed E-state index contributed by atoms with van der Waals surface area (Å²) in [7, 11) is 1.67. The topological polar surface area (TPSA) is 63.0 Å². The van der Waals surface area contributed by atoms with E-state index in [1.165, 1.54) is 0 Å². The van der Waals surface area contributed by atoms with Gasteiger partial charge in [-0.1, -0.05) is 20.8 Å². The molecular formula is C22H27N5O2. The SMILES string of the molecule is COc1ccc(N2CCN(C(=O)c3cc(C(C)(C)C)n4nccc4n3)CC2)cc1. The van der Waals surface area contributed by atoms with E-state index in [2.05, 4.69) is 47.9 Å². The highest BCUT2D eigenvalue weighted by Crippen LogP contribution is 2.25. The molecule has 29 heavy (non-hydrogen) atoms. The van der Waals surface area contributed by atoms with Crippen LogP contribution >= 0.6 is 0 Å². The second-order valence-electron chi connectivity index (χ2n) is 8.36. The molecule has 7 heteroatoms. The maximum Gasteiger partial charge on any atom is 0.272 e. The number of aromatic nitrogens is 3. The van der Waals surface area contributed by atoms with Gasteiger partial charge in [-0.2, -0.15) is 5.10 Å². The Bertz CT molecular complexity index is 1010. The number of anilines is 1. The summed E-state index contributed by atoms with van der Waals surface area (Å²) in [4.78, 5) is 21.9. The highest BCUT2D eigenvalue weighted by Gasteiger charge is 2.26. The lowest BCUT2D eigenvalue weighted by Crippen LogP contribution is -2.49. The van der Waals surface area contributed by atoms with E-state index in [9.17, 15) is 4.79 Å². The monoisotopic (exact) mass is 393 g/mol. The fourth-order valence-electron chi connectivity index (χ4n) is 3.68. The minimum atomic E-state index is -0.144. The number of hydrogen-bond donors (Lipinski definition) is 0. The van der Waals surface area contributed by atoms with Gasteiger partial charge in [0.15, 0.2) is 5.65 Å². The van der Waals surface area contributed by atoms with Crippen molar-refractivity contribution < 1.29 is 9.53 Å². The third-order valence-corrected chi connectivity index (χ3v) is 5.35. The first kappa shape index (κ1) is 19.2. The Kier molecular flexibility index (Phi) is 4.90. The molecule has 0 unspecified atom stereocenters. The third kappa shape index (κ3) is 3.77. The Morgan fingerprint density at radius 1 is 1.03 bits per heavy atom. The molecule has 0 radical (unpaired) electrons. The largest absolute Gasteiger partial charge is 0.497 e. The molecular weight excluding hydrogens is 366 g/mol. The molecule has 1 saturated heterocycles. The van der Waals surface area contributed by atoms with Crippen LogP contribution in [-0.4, -0.2) is 58.7 Å². The first-order valence-corrected chi connectivity index (χ1v) is 9.90. The number of amides is 1. The van der Waals surface area contributed by atoms with Gasteiger partial charge < -0.3 is 14.5 Å². The van der Waals surface area contributed by atoms with E-state index < -0.39 is 0 Å². The van der Waals surface area contributed by atoms with Gasteiger partial charge >= 0.3 is 0 Å². The number of fused-ring (bicyclic) bond motifs is 1. The standard InChI is InChI=1S/C22H27N5O2/c1-22(2,3)19-15-18(24-20-9-10-23-27(19)20)21(28)26-13-11-25(12-14-26)16-5-7-17(29-4)8-6-16/h5-10,15H,11-14H2,1-4H3. The van der Waals surface area contributed by atoms with E-state index in [0.717, 1.165) is 30.2 Å². The summed E-state index contributed by atoms with van der Waals surface area (Å²) >= 11 is 0. The van der Waals surface area contributed by atoms with Crippen molar-refractivity contribution in [3.05, 3.63) is 54.0 Å². The quantitative estimate of drug-likeness (QED) is 0.685. The summed E-state index contributed by atoms with van der Waals surface area (Å²) in [5, 5.41) is 4.37. The minimum absolute atomic E-state index is 0.0198. The summed E-state index contributed by atoms with van der Waals surface area (Å²) in [6.07, 6.45) is 1.72. The lowest BCUT2D eigenvalue weighted by atomic mass is 9.91. The van der Waals surface area contributed by atoms with Crippen molar-refractivity contribution in [2.24, 2.45) is 0 Å². The number of ether oxygens (including phenoxy) is 1. The van der Waals surface area contributed by atoms with Crippen LogP contribution in [0, 0.1) is 0 Å². The normalized spacial score (nSPS) is 15.0. The van der Waals surface area contributed by atoms with Crippen LogP contribution in [0.3, 0.4) is 0 Å². The van der Waals surface area contributed by atoms with Crippen molar-refractivity contribution in [3.8, 4) is 5.75 Å². The number of benzene rings is 1. The fourth-order valence-corrected chi connectivity index (χ4v) is 3.68. The van der Waals surface area contributed by atoms with Gasteiger partial charge in [0.2, 0.25) is 0 Å². The van der Waals surface area contributed by atoms with Crippen LogP contribution in [0.5, 0.6) is 5.75 Å². The van der Waals surface area contributed by atoms with Gasteiger partial charge in [0.25, 0.3) is 5.91 Å². The molecule has 1 aliphatic heterocycles. The molecule has 1 aliphatic rings. The zero-order valence-electron chi connectivity index (χ0n) is 17.4. The Morgan fingerprint density at radius 2 is 1.72 bits per heavy atom. The van der Waals surface area contributed by atoms with Crippen molar-refractivity contribution in [1.82, 2.24) is 19.5 Å². The maximum atomic E-state index is 13.2. The number of methoxy groups -OCH3 is 1. The van der Waals surface area contributed by atoms with E-state index in [-0.39, 0.29) is 11.3 Å². The molecule has 0 N–H and O–H groups in total. The van der Waals surface area contributed by atoms with Crippen molar-refractivity contribution in [3.63, 3.8) is 0 Å². The van der Waals surface area contributed by atoms with Gasteiger partial charge in [-0.15, -0.1) is 0 Å². The minimum Gasteiger partial charge on any atom is -0.497 e. The van der Waals surface area contributed by atoms with Crippen molar-refractivity contribution >= 4 is 17.2 Å². The molecule has 3 aromatic rings. The summed E-state index contributed by atoms with van der Waals surface area (Å²) in [5.41, 5.74) is 3.17. The molecule has 2 aromatic heterocycles. The molecule has 1 fully saturated rings. The average Bonchev–Trinajstić information content (AvgIpc) is 3.20. The smallest absolute Gasteiger partial charge is 0.272 e. The summed E-state index contributed by atoms with van der Waals surface area (Å²) in [5.74, 6) is 0.826. The van der Waals surface area contributed by atoms with Crippen LogP contribution in [0.1, 0.15) is 37.0 Å². The molecule has 1 amide bonds.